The van der Waals surface area contributed by atoms with Gasteiger partial charge >= 0.3 is 0 Å². The van der Waals surface area contributed by atoms with Crippen molar-refractivity contribution in [3.63, 3.8) is 0 Å². The van der Waals surface area contributed by atoms with Crippen LogP contribution in [0.1, 0.15) is 24.3 Å². The first-order valence-corrected chi connectivity index (χ1v) is 6.70. The molecule has 104 valence electrons. The summed E-state index contributed by atoms with van der Waals surface area (Å²) in [5.41, 5.74) is 1.20. The first kappa shape index (κ1) is 14.0. The second-order valence-corrected chi connectivity index (χ2v) is 4.22. The molecule has 1 aromatic heterocycles. The van der Waals surface area contributed by atoms with Crippen molar-refractivity contribution in [2.24, 2.45) is 0 Å². The van der Waals surface area contributed by atoms with Crippen molar-refractivity contribution < 1.29 is 4.79 Å². The van der Waals surface area contributed by atoms with E-state index in [0.717, 1.165) is 12.2 Å². The molecule has 1 aromatic carbocycles. The van der Waals surface area contributed by atoms with Gasteiger partial charge in [0.05, 0.1) is 0 Å². The lowest BCUT2D eigenvalue weighted by Crippen LogP contribution is -2.31. The smallest absolute Gasteiger partial charge is 0.278 e. The lowest BCUT2D eigenvalue weighted by atomic mass is 10.2. The zero-order chi connectivity index (χ0) is 14.4. The maximum Gasteiger partial charge on any atom is 0.278 e. The molecule has 20 heavy (non-hydrogen) atoms. The van der Waals surface area contributed by atoms with Gasteiger partial charge in [-0.1, -0.05) is 18.2 Å². The number of carbonyl (C=O) groups is 1. The van der Waals surface area contributed by atoms with Crippen molar-refractivity contribution in [1.82, 2.24) is 10.2 Å². The van der Waals surface area contributed by atoms with E-state index in [2.05, 4.69) is 15.5 Å². The molecule has 0 saturated carbocycles. The highest BCUT2D eigenvalue weighted by molar-refractivity contribution is 6.04. The normalized spacial score (nSPS) is 10.1. The molecular formula is C15H18N4O. The van der Waals surface area contributed by atoms with Gasteiger partial charge < -0.3 is 10.2 Å². The molecule has 0 unspecified atom stereocenters. The number of rotatable bonds is 5. The van der Waals surface area contributed by atoms with Crippen molar-refractivity contribution in [1.29, 1.82) is 0 Å². The third kappa shape index (κ3) is 3.12. The molecule has 0 bridgehead atoms. The summed E-state index contributed by atoms with van der Waals surface area (Å²) in [6.07, 6.45) is 0. The summed E-state index contributed by atoms with van der Waals surface area (Å²) in [5.74, 6) is 0.529. The Morgan fingerprint density at radius 3 is 2.40 bits per heavy atom. The fourth-order valence-electron chi connectivity index (χ4n) is 1.91. The minimum Gasteiger partial charge on any atom is -0.369 e. The van der Waals surface area contributed by atoms with Crippen molar-refractivity contribution in [3.05, 3.63) is 48.2 Å². The Hall–Kier alpha value is -2.43. The molecule has 1 heterocycles. The van der Waals surface area contributed by atoms with Crippen LogP contribution in [-0.2, 0) is 0 Å². The highest BCUT2D eigenvalue weighted by Gasteiger charge is 2.17. The van der Waals surface area contributed by atoms with Crippen molar-refractivity contribution in [3.8, 4) is 0 Å². The minimum atomic E-state index is -0.144. The van der Waals surface area contributed by atoms with Crippen LogP contribution in [0.4, 0.5) is 11.5 Å². The number of hydrogen-bond acceptors (Lipinski definition) is 4. The van der Waals surface area contributed by atoms with Crippen LogP contribution in [0.3, 0.4) is 0 Å². The average molecular weight is 270 g/mol. The Kier molecular flexibility index (Phi) is 4.65. The molecule has 5 heteroatoms. The molecule has 2 aromatic rings. The number of nitrogens with one attached hydrogen (secondary N) is 1. The zero-order valence-electron chi connectivity index (χ0n) is 11.7. The van der Waals surface area contributed by atoms with E-state index in [-0.39, 0.29) is 5.91 Å². The fraction of sp³-hybridized carbons (Fsp3) is 0.267. The highest BCUT2D eigenvalue weighted by atomic mass is 16.2. The third-order valence-electron chi connectivity index (χ3n) is 2.87. The van der Waals surface area contributed by atoms with Gasteiger partial charge in [-0.3, -0.25) is 4.79 Å². The summed E-state index contributed by atoms with van der Waals surface area (Å²) >= 11 is 0. The molecule has 0 spiro atoms. The number of benzene rings is 1. The average Bonchev–Trinajstić information content (AvgIpc) is 2.50. The first-order valence-electron chi connectivity index (χ1n) is 6.70. The molecule has 0 saturated heterocycles. The lowest BCUT2D eigenvalue weighted by molar-refractivity contribution is 0.0982. The van der Waals surface area contributed by atoms with Gasteiger partial charge in [-0.15, -0.1) is 10.2 Å². The molecule has 0 aliphatic carbocycles. The van der Waals surface area contributed by atoms with Crippen LogP contribution in [-0.4, -0.2) is 29.2 Å². The number of carbonyl (C=O) groups excluding carboxylic acids is 1. The zero-order valence-corrected chi connectivity index (χ0v) is 11.7. The molecule has 0 radical (unpaired) electrons. The van der Waals surface area contributed by atoms with Crippen LogP contribution in [0, 0.1) is 0 Å². The second kappa shape index (κ2) is 6.65. The Labute approximate surface area is 118 Å². The summed E-state index contributed by atoms with van der Waals surface area (Å²) in [4.78, 5) is 14.1. The summed E-state index contributed by atoms with van der Waals surface area (Å²) in [6, 6.07) is 13.0. The maximum absolute atomic E-state index is 12.4. The van der Waals surface area contributed by atoms with Gasteiger partial charge in [-0.25, -0.2) is 0 Å². The van der Waals surface area contributed by atoms with E-state index in [0.29, 0.717) is 18.1 Å². The molecule has 0 aliphatic heterocycles. The van der Waals surface area contributed by atoms with Crippen molar-refractivity contribution in [2.45, 2.75) is 13.8 Å². The van der Waals surface area contributed by atoms with Crippen molar-refractivity contribution >= 4 is 17.4 Å². The largest absolute Gasteiger partial charge is 0.369 e. The van der Waals surface area contributed by atoms with Crippen molar-refractivity contribution in [2.75, 3.05) is 23.3 Å². The van der Waals surface area contributed by atoms with Crippen LogP contribution in [0.15, 0.2) is 42.5 Å². The van der Waals surface area contributed by atoms with E-state index in [9.17, 15) is 4.79 Å². The number of nitrogens with zero attached hydrogens (tertiary/aromatic N) is 3. The van der Waals surface area contributed by atoms with Crippen LogP contribution >= 0.6 is 0 Å². The van der Waals surface area contributed by atoms with Gasteiger partial charge in [0.25, 0.3) is 5.91 Å². The molecule has 1 amide bonds. The SMILES string of the molecule is CCNc1ccc(C(=O)N(CC)c2ccccc2)nn1. The van der Waals surface area contributed by atoms with Gasteiger partial charge in [0.15, 0.2) is 5.69 Å². The monoisotopic (exact) mass is 270 g/mol. The molecule has 0 fully saturated rings. The van der Waals surface area contributed by atoms with Crippen LogP contribution in [0.5, 0.6) is 0 Å². The number of aromatic nitrogens is 2. The number of hydrogen-bond donors (Lipinski definition) is 1. The summed E-state index contributed by atoms with van der Waals surface area (Å²) in [7, 11) is 0. The number of anilines is 2. The maximum atomic E-state index is 12.4. The van der Waals surface area contributed by atoms with E-state index in [1.54, 1.807) is 17.0 Å². The Balaban J connectivity index is 2.20. The Morgan fingerprint density at radius 2 is 1.85 bits per heavy atom. The van der Waals surface area contributed by atoms with Crippen LogP contribution in [0.2, 0.25) is 0 Å². The fourth-order valence-corrected chi connectivity index (χ4v) is 1.91. The predicted octanol–water partition coefficient (Wildman–Crippen LogP) is 2.58. The van der Waals surface area contributed by atoms with Crippen LogP contribution in [0.25, 0.3) is 0 Å². The first-order chi connectivity index (χ1) is 9.76. The number of amides is 1. The Bertz CT molecular complexity index is 554. The van der Waals surface area contributed by atoms with E-state index >= 15 is 0 Å². The molecule has 2 rings (SSSR count). The van der Waals surface area contributed by atoms with Gasteiger partial charge in [-0.05, 0) is 38.1 Å². The lowest BCUT2D eigenvalue weighted by Gasteiger charge is -2.20. The number of para-hydroxylation sites is 1. The van der Waals surface area contributed by atoms with E-state index in [4.69, 9.17) is 0 Å². The van der Waals surface area contributed by atoms with Crippen LogP contribution < -0.4 is 10.2 Å². The summed E-state index contributed by atoms with van der Waals surface area (Å²) in [6.45, 7) is 5.27. The van der Waals surface area contributed by atoms with Gasteiger partial charge in [0.1, 0.15) is 5.82 Å². The van der Waals surface area contributed by atoms with E-state index < -0.39 is 0 Å². The predicted molar refractivity (Wildman–Crippen MR) is 80.0 cm³/mol. The quantitative estimate of drug-likeness (QED) is 0.907. The Morgan fingerprint density at radius 1 is 1.10 bits per heavy atom. The summed E-state index contributed by atoms with van der Waals surface area (Å²) in [5, 5.41) is 11.0. The highest BCUT2D eigenvalue weighted by Crippen LogP contribution is 2.15. The standard InChI is InChI=1S/C15H18N4O/c1-3-16-14-11-10-13(17-18-14)15(20)19(4-2)12-8-6-5-7-9-12/h5-11H,3-4H2,1-2H3,(H,16,18). The molecule has 0 aliphatic rings. The summed E-state index contributed by atoms with van der Waals surface area (Å²) < 4.78 is 0. The molecular weight excluding hydrogens is 252 g/mol. The molecule has 0 atom stereocenters. The molecule has 1 N–H and O–H groups in total. The minimum absolute atomic E-state index is 0.144. The molecule has 5 nitrogen and oxygen atoms in total. The third-order valence-corrected chi connectivity index (χ3v) is 2.87. The van der Waals surface area contributed by atoms with E-state index in [1.807, 2.05) is 44.2 Å². The van der Waals surface area contributed by atoms with Gasteiger partial charge in [0, 0.05) is 18.8 Å². The van der Waals surface area contributed by atoms with E-state index in [1.165, 1.54) is 0 Å². The van der Waals surface area contributed by atoms with Gasteiger partial charge in [-0.2, -0.15) is 0 Å². The topological polar surface area (TPSA) is 58.1 Å². The van der Waals surface area contributed by atoms with Gasteiger partial charge in [0.2, 0.25) is 0 Å². The second-order valence-electron chi connectivity index (χ2n) is 4.22.